The van der Waals surface area contributed by atoms with Crippen LogP contribution in [-0.2, 0) is 20.5 Å². The number of benzene rings is 1. The molecular formula is C22H27BO5. The zero-order chi connectivity index (χ0) is 19.7. The average Bonchev–Trinajstić information content (AvgIpc) is 2.95. The van der Waals surface area contributed by atoms with E-state index in [1.165, 1.54) is 6.42 Å². The third-order valence-electron chi connectivity index (χ3n) is 8.65. The van der Waals surface area contributed by atoms with E-state index >= 15 is 0 Å². The van der Waals surface area contributed by atoms with Gasteiger partial charge < -0.3 is 18.8 Å². The Labute approximate surface area is 166 Å². The summed E-state index contributed by atoms with van der Waals surface area (Å²) in [7, 11) is -0.215. The molecule has 148 valence electrons. The first-order valence-corrected chi connectivity index (χ1v) is 10.5. The number of carbonyl (C=O) groups is 1. The molecule has 0 aromatic heterocycles. The highest BCUT2D eigenvalue weighted by Gasteiger charge is 2.93. The summed E-state index contributed by atoms with van der Waals surface area (Å²) in [5.41, 5.74) is 1.62. The van der Waals surface area contributed by atoms with E-state index in [9.17, 15) is 4.79 Å². The fourth-order valence-electron chi connectivity index (χ4n) is 7.16. The summed E-state index contributed by atoms with van der Waals surface area (Å²) in [4.78, 5) is 12.3. The molecule has 6 atom stereocenters. The van der Waals surface area contributed by atoms with E-state index in [2.05, 4.69) is 20.8 Å². The lowest BCUT2D eigenvalue weighted by Gasteiger charge is -2.87. The number of carbonyl (C=O) groups excluding carboxylic acids is 1. The van der Waals surface area contributed by atoms with Crippen molar-refractivity contribution in [1.82, 2.24) is 0 Å². The van der Waals surface area contributed by atoms with E-state index in [1.807, 2.05) is 12.1 Å². The number of esters is 1. The Morgan fingerprint density at radius 1 is 1.18 bits per heavy atom. The van der Waals surface area contributed by atoms with Crippen LogP contribution in [0.3, 0.4) is 0 Å². The molecule has 0 bridgehead atoms. The zero-order valence-corrected chi connectivity index (χ0v) is 17.2. The van der Waals surface area contributed by atoms with Gasteiger partial charge in [-0.1, -0.05) is 26.0 Å². The molecule has 1 saturated heterocycles. The quantitative estimate of drug-likeness (QED) is 0.584. The van der Waals surface area contributed by atoms with Gasteiger partial charge in [0, 0.05) is 19.3 Å². The van der Waals surface area contributed by atoms with Gasteiger partial charge >= 0.3 is 13.1 Å². The number of hydrogen-bond donors (Lipinski definition) is 0. The van der Waals surface area contributed by atoms with E-state index < -0.39 is 5.79 Å². The number of fused-ring (bicyclic) bond motifs is 2. The third-order valence-corrected chi connectivity index (χ3v) is 8.65. The van der Waals surface area contributed by atoms with Crippen molar-refractivity contribution in [3.8, 4) is 5.75 Å². The van der Waals surface area contributed by atoms with E-state index in [0.29, 0.717) is 22.6 Å². The normalized spacial score (nSPS) is 44.6. The van der Waals surface area contributed by atoms with Crippen molar-refractivity contribution < 1.29 is 23.6 Å². The lowest BCUT2D eigenvalue weighted by Crippen LogP contribution is -2.92. The molecule has 2 heterocycles. The molecule has 6 rings (SSSR count). The van der Waals surface area contributed by atoms with E-state index in [4.69, 9.17) is 18.8 Å². The summed E-state index contributed by atoms with van der Waals surface area (Å²) >= 11 is 0. The third kappa shape index (κ3) is 1.68. The molecule has 5 nitrogen and oxygen atoms in total. The van der Waals surface area contributed by atoms with Gasteiger partial charge in [0.15, 0.2) is 0 Å². The molecular weight excluding hydrogens is 355 g/mol. The molecule has 6 heteroatoms. The van der Waals surface area contributed by atoms with Crippen LogP contribution < -0.4 is 4.74 Å². The first-order valence-electron chi connectivity index (χ1n) is 10.5. The Morgan fingerprint density at radius 3 is 2.64 bits per heavy atom. The molecule has 4 unspecified atom stereocenters. The van der Waals surface area contributed by atoms with Crippen molar-refractivity contribution in [3.63, 3.8) is 0 Å². The van der Waals surface area contributed by atoms with Gasteiger partial charge in [-0.2, -0.15) is 0 Å². The SMILES string of the molecule is C[C@H](Cc1cccc2c1OC(C)(C)OC2=O)B1OC23CC4CC(C42C)[C@]3(C)O1. The minimum atomic E-state index is -0.954. The largest absolute Gasteiger partial charge is 0.461 e. The fourth-order valence-corrected chi connectivity index (χ4v) is 7.16. The highest BCUT2D eigenvalue weighted by atomic mass is 16.7. The van der Waals surface area contributed by atoms with E-state index in [-0.39, 0.29) is 30.1 Å². The summed E-state index contributed by atoms with van der Waals surface area (Å²) in [5.74, 6) is 0.977. The summed E-state index contributed by atoms with van der Waals surface area (Å²) in [6, 6.07) is 5.68. The van der Waals surface area contributed by atoms with Crippen LogP contribution in [0.2, 0.25) is 5.82 Å². The van der Waals surface area contributed by atoms with Crippen LogP contribution in [0.1, 0.15) is 63.4 Å². The maximum Gasteiger partial charge on any atom is 0.461 e. The van der Waals surface area contributed by atoms with Gasteiger partial charge in [0.2, 0.25) is 5.79 Å². The lowest BCUT2D eigenvalue weighted by atomic mass is 9.21. The number of ether oxygens (including phenoxy) is 2. The van der Waals surface area contributed by atoms with E-state index in [1.54, 1.807) is 19.9 Å². The Morgan fingerprint density at radius 2 is 1.96 bits per heavy atom. The molecule has 5 aliphatic rings. The Bertz CT molecular complexity index is 914. The van der Waals surface area contributed by atoms with Crippen molar-refractivity contribution in [2.75, 3.05) is 0 Å². The fraction of sp³-hybridized carbons (Fsp3) is 0.682. The second-order valence-corrected chi connectivity index (χ2v) is 10.4. The minimum Gasteiger partial charge on any atom is -0.452 e. The molecule has 0 N–H and O–H groups in total. The molecule has 3 saturated carbocycles. The second-order valence-electron chi connectivity index (χ2n) is 10.4. The van der Waals surface area contributed by atoms with Crippen LogP contribution in [0.15, 0.2) is 18.2 Å². The van der Waals surface area contributed by atoms with Crippen LogP contribution >= 0.6 is 0 Å². The zero-order valence-electron chi connectivity index (χ0n) is 17.2. The molecule has 3 aliphatic carbocycles. The highest BCUT2D eigenvalue weighted by molar-refractivity contribution is 6.47. The van der Waals surface area contributed by atoms with Crippen LogP contribution in [0, 0.1) is 17.3 Å². The topological polar surface area (TPSA) is 54.0 Å². The molecule has 28 heavy (non-hydrogen) atoms. The van der Waals surface area contributed by atoms with Gasteiger partial charge in [-0.25, -0.2) is 4.79 Å². The van der Waals surface area contributed by atoms with Crippen molar-refractivity contribution in [3.05, 3.63) is 29.3 Å². The summed E-state index contributed by atoms with van der Waals surface area (Å²) in [6.07, 6.45) is 3.16. The number of rotatable bonds is 3. The van der Waals surface area contributed by atoms with Crippen molar-refractivity contribution in [1.29, 1.82) is 0 Å². The summed E-state index contributed by atoms with van der Waals surface area (Å²) in [5, 5.41) is 0. The standard InChI is InChI=1S/C22H27BO5/c1-12(9-13-7-6-8-15-17(13)25-19(2,3)26-18(15)24)23-27-21(5)16-10-14-11-22(21,28-23)20(14,16)4/h6-8,12,14,16H,9-11H2,1-5H3/t12-,14?,16?,20?,21+,22?/m1/s1. The molecule has 1 spiro atoms. The van der Waals surface area contributed by atoms with Crippen LogP contribution in [0.5, 0.6) is 5.75 Å². The molecule has 4 fully saturated rings. The summed E-state index contributed by atoms with van der Waals surface area (Å²) in [6.45, 7) is 10.3. The number of cyclic esters (lactones) is 1. The second kappa shape index (κ2) is 4.78. The van der Waals surface area contributed by atoms with Crippen molar-refractivity contribution in [2.45, 2.75) is 76.7 Å². The first-order chi connectivity index (χ1) is 13.1. The van der Waals surface area contributed by atoms with Crippen molar-refractivity contribution >= 4 is 13.1 Å². The highest BCUT2D eigenvalue weighted by Crippen LogP contribution is 2.87. The molecule has 1 aromatic rings. The maximum atomic E-state index is 12.3. The first kappa shape index (κ1) is 17.3. The molecule has 2 aliphatic heterocycles. The van der Waals surface area contributed by atoms with Gasteiger partial charge in [0.1, 0.15) is 11.3 Å². The number of para-hydroxylation sites is 1. The molecule has 0 amide bonds. The van der Waals surface area contributed by atoms with Gasteiger partial charge in [0.25, 0.3) is 0 Å². The molecule has 0 radical (unpaired) electrons. The monoisotopic (exact) mass is 382 g/mol. The summed E-state index contributed by atoms with van der Waals surface area (Å²) < 4.78 is 24.6. The smallest absolute Gasteiger partial charge is 0.452 e. The van der Waals surface area contributed by atoms with Crippen LogP contribution in [-0.4, -0.2) is 30.1 Å². The van der Waals surface area contributed by atoms with Gasteiger partial charge in [-0.15, -0.1) is 0 Å². The molecule has 1 aromatic carbocycles. The maximum absolute atomic E-state index is 12.3. The Hall–Kier alpha value is -1.53. The van der Waals surface area contributed by atoms with Gasteiger partial charge in [-0.3, -0.25) is 0 Å². The van der Waals surface area contributed by atoms with E-state index in [0.717, 1.165) is 24.3 Å². The van der Waals surface area contributed by atoms with Gasteiger partial charge in [-0.05, 0) is 55.5 Å². The Kier molecular flexibility index (Phi) is 2.96. The average molecular weight is 382 g/mol. The van der Waals surface area contributed by atoms with Crippen molar-refractivity contribution in [2.24, 2.45) is 17.3 Å². The van der Waals surface area contributed by atoms with Crippen LogP contribution in [0.4, 0.5) is 0 Å². The number of hydrogen-bond acceptors (Lipinski definition) is 5. The lowest BCUT2D eigenvalue weighted by molar-refractivity contribution is -0.429. The van der Waals surface area contributed by atoms with Gasteiger partial charge in [0.05, 0.1) is 11.2 Å². The predicted molar refractivity (Wildman–Crippen MR) is 103 cm³/mol. The predicted octanol–water partition coefficient (Wildman–Crippen LogP) is 4.00. The Balaban J connectivity index is 1.26. The van der Waals surface area contributed by atoms with Crippen LogP contribution in [0.25, 0.3) is 0 Å². The minimum absolute atomic E-state index is 0.0785.